The van der Waals surface area contributed by atoms with Gasteiger partial charge in [0, 0.05) is 0 Å². The highest BCUT2D eigenvalue weighted by Crippen LogP contribution is 2.37. The van der Waals surface area contributed by atoms with E-state index < -0.39 is 0 Å². The molecule has 0 nitrogen and oxygen atoms in total. The minimum atomic E-state index is 0.475. The van der Waals surface area contributed by atoms with Crippen molar-refractivity contribution in [1.82, 2.24) is 0 Å². The zero-order valence-corrected chi connectivity index (χ0v) is 8.56. The first kappa shape index (κ1) is 9.57. The van der Waals surface area contributed by atoms with E-state index in [0.29, 0.717) is 5.41 Å². The van der Waals surface area contributed by atoms with Crippen molar-refractivity contribution < 1.29 is 0 Å². The predicted octanol–water partition coefficient (Wildman–Crippen LogP) is 3.95. The Balaban J connectivity index is 2.57. The van der Waals surface area contributed by atoms with E-state index in [4.69, 9.17) is 0 Å². The SMILES string of the molecule is C=CC1=CC[C@@H](C(C)(C)C)CC1. The third kappa shape index (κ3) is 2.23. The molecule has 1 atom stereocenters. The van der Waals surface area contributed by atoms with Gasteiger partial charge in [-0.1, -0.05) is 45.1 Å². The van der Waals surface area contributed by atoms with E-state index in [1.807, 2.05) is 6.08 Å². The van der Waals surface area contributed by atoms with Gasteiger partial charge in [0.15, 0.2) is 0 Å². The van der Waals surface area contributed by atoms with Crippen molar-refractivity contribution in [1.29, 1.82) is 0 Å². The summed E-state index contributed by atoms with van der Waals surface area (Å²) in [4.78, 5) is 0. The van der Waals surface area contributed by atoms with Crippen LogP contribution in [0.15, 0.2) is 24.3 Å². The van der Waals surface area contributed by atoms with Gasteiger partial charge in [0.05, 0.1) is 0 Å². The highest BCUT2D eigenvalue weighted by atomic mass is 14.3. The van der Waals surface area contributed by atoms with Crippen molar-refractivity contribution >= 4 is 0 Å². The lowest BCUT2D eigenvalue weighted by molar-refractivity contribution is 0.221. The molecule has 68 valence electrons. The second-order valence-corrected chi connectivity index (χ2v) is 4.82. The van der Waals surface area contributed by atoms with Crippen LogP contribution < -0.4 is 0 Å². The van der Waals surface area contributed by atoms with Gasteiger partial charge in [0.25, 0.3) is 0 Å². The molecule has 0 aromatic carbocycles. The Kier molecular flexibility index (Phi) is 2.76. The summed E-state index contributed by atoms with van der Waals surface area (Å²) in [5, 5.41) is 0. The van der Waals surface area contributed by atoms with Crippen LogP contribution in [-0.2, 0) is 0 Å². The molecule has 0 saturated carbocycles. The fourth-order valence-corrected chi connectivity index (χ4v) is 1.83. The number of hydrogen-bond donors (Lipinski definition) is 0. The Morgan fingerprint density at radius 3 is 2.50 bits per heavy atom. The molecular weight excluding hydrogens is 144 g/mol. The van der Waals surface area contributed by atoms with E-state index in [-0.39, 0.29) is 0 Å². The molecule has 1 aliphatic carbocycles. The van der Waals surface area contributed by atoms with E-state index in [1.54, 1.807) is 0 Å². The molecule has 1 aliphatic rings. The van der Waals surface area contributed by atoms with Gasteiger partial charge in [0.2, 0.25) is 0 Å². The monoisotopic (exact) mass is 164 g/mol. The van der Waals surface area contributed by atoms with E-state index in [0.717, 1.165) is 5.92 Å². The Labute approximate surface area is 76.4 Å². The lowest BCUT2D eigenvalue weighted by Gasteiger charge is -2.32. The minimum absolute atomic E-state index is 0.475. The van der Waals surface area contributed by atoms with Crippen LogP contribution in [0.1, 0.15) is 40.0 Å². The predicted molar refractivity (Wildman–Crippen MR) is 55.1 cm³/mol. The van der Waals surface area contributed by atoms with Gasteiger partial charge in [-0.25, -0.2) is 0 Å². The molecule has 0 radical (unpaired) electrons. The molecule has 12 heavy (non-hydrogen) atoms. The minimum Gasteiger partial charge on any atom is -0.0988 e. The van der Waals surface area contributed by atoms with Crippen molar-refractivity contribution in [3.8, 4) is 0 Å². The summed E-state index contributed by atoms with van der Waals surface area (Å²) in [6, 6.07) is 0. The van der Waals surface area contributed by atoms with Crippen LogP contribution in [0.25, 0.3) is 0 Å². The van der Waals surface area contributed by atoms with Gasteiger partial charge in [0.1, 0.15) is 0 Å². The molecule has 0 heteroatoms. The van der Waals surface area contributed by atoms with Gasteiger partial charge in [-0.3, -0.25) is 0 Å². The summed E-state index contributed by atoms with van der Waals surface area (Å²) < 4.78 is 0. The van der Waals surface area contributed by atoms with Crippen LogP contribution in [-0.4, -0.2) is 0 Å². The Hall–Kier alpha value is -0.520. The highest BCUT2D eigenvalue weighted by Gasteiger charge is 2.25. The van der Waals surface area contributed by atoms with Gasteiger partial charge >= 0.3 is 0 Å². The molecule has 1 rings (SSSR count). The third-order valence-electron chi connectivity index (χ3n) is 2.93. The zero-order valence-electron chi connectivity index (χ0n) is 8.56. The molecule has 0 fully saturated rings. The standard InChI is InChI=1S/C12H20/c1-5-10-6-8-11(9-7-10)12(2,3)4/h5-6,11H,1,7-9H2,2-4H3/t11-/m1/s1. The molecule has 0 aromatic rings. The number of rotatable bonds is 1. The second kappa shape index (κ2) is 3.47. The second-order valence-electron chi connectivity index (χ2n) is 4.82. The van der Waals surface area contributed by atoms with Crippen LogP contribution in [0.5, 0.6) is 0 Å². The maximum Gasteiger partial charge on any atom is -0.0279 e. The normalized spacial score (nSPS) is 24.9. The summed E-state index contributed by atoms with van der Waals surface area (Å²) in [5.41, 5.74) is 1.92. The largest absolute Gasteiger partial charge is 0.0988 e. The van der Waals surface area contributed by atoms with Crippen molar-refractivity contribution in [3.05, 3.63) is 24.3 Å². The average Bonchev–Trinajstić information content (AvgIpc) is 2.03. The van der Waals surface area contributed by atoms with Gasteiger partial charge < -0.3 is 0 Å². The lowest BCUT2D eigenvalue weighted by atomic mass is 9.73. The van der Waals surface area contributed by atoms with E-state index in [1.165, 1.54) is 24.8 Å². The molecule has 0 aliphatic heterocycles. The Morgan fingerprint density at radius 1 is 1.50 bits per heavy atom. The first-order valence-electron chi connectivity index (χ1n) is 4.85. The van der Waals surface area contributed by atoms with E-state index >= 15 is 0 Å². The molecule has 0 unspecified atom stereocenters. The summed E-state index contributed by atoms with van der Waals surface area (Å²) >= 11 is 0. The summed E-state index contributed by atoms with van der Waals surface area (Å²) in [5.74, 6) is 0.862. The van der Waals surface area contributed by atoms with Crippen LogP contribution in [0, 0.1) is 11.3 Å². The number of allylic oxidation sites excluding steroid dienone is 3. The molecule has 0 aromatic heterocycles. The lowest BCUT2D eigenvalue weighted by Crippen LogP contribution is -2.21. The molecule has 0 heterocycles. The molecule has 0 spiro atoms. The molecule has 0 N–H and O–H groups in total. The molecule has 0 saturated heterocycles. The van der Waals surface area contributed by atoms with Crippen LogP contribution in [0.4, 0.5) is 0 Å². The first-order chi connectivity index (χ1) is 5.54. The summed E-state index contributed by atoms with van der Waals surface area (Å²) in [6.07, 6.45) is 8.16. The first-order valence-corrected chi connectivity index (χ1v) is 4.85. The van der Waals surface area contributed by atoms with Gasteiger partial charge in [-0.05, 0) is 30.6 Å². The van der Waals surface area contributed by atoms with Crippen LogP contribution in [0.2, 0.25) is 0 Å². The Morgan fingerprint density at radius 2 is 2.17 bits per heavy atom. The van der Waals surface area contributed by atoms with E-state index in [9.17, 15) is 0 Å². The van der Waals surface area contributed by atoms with Crippen molar-refractivity contribution in [3.63, 3.8) is 0 Å². The third-order valence-corrected chi connectivity index (χ3v) is 2.93. The van der Waals surface area contributed by atoms with Crippen molar-refractivity contribution in [2.75, 3.05) is 0 Å². The number of hydrogen-bond acceptors (Lipinski definition) is 0. The van der Waals surface area contributed by atoms with Crippen LogP contribution >= 0.6 is 0 Å². The summed E-state index contributed by atoms with van der Waals surface area (Å²) in [6.45, 7) is 10.8. The van der Waals surface area contributed by atoms with Crippen molar-refractivity contribution in [2.24, 2.45) is 11.3 Å². The molecule has 0 bridgehead atoms. The van der Waals surface area contributed by atoms with Gasteiger partial charge in [-0.2, -0.15) is 0 Å². The summed E-state index contributed by atoms with van der Waals surface area (Å²) in [7, 11) is 0. The Bertz CT molecular complexity index is 191. The maximum absolute atomic E-state index is 3.80. The highest BCUT2D eigenvalue weighted by molar-refractivity contribution is 5.18. The smallest absolute Gasteiger partial charge is 0.0279 e. The maximum atomic E-state index is 3.80. The van der Waals surface area contributed by atoms with Crippen molar-refractivity contribution in [2.45, 2.75) is 40.0 Å². The zero-order chi connectivity index (χ0) is 9.19. The average molecular weight is 164 g/mol. The fraction of sp³-hybridized carbons (Fsp3) is 0.667. The van der Waals surface area contributed by atoms with Crippen LogP contribution in [0.3, 0.4) is 0 Å². The molecular formula is C12H20. The van der Waals surface area contributed by atoms with Gasteiger partial charge in [-0.15, -0.1) is 0 Å². The fourth-order valence-electron chi connectivity index (χ4n) is 1.83. The molecule has 0 amide bonds. The topological polar surface area (TPSA) is 0 Å². The quantitative estimate of drug-likeness (QED) is 0.550. The van der Waals surface area contributed by atoms with E-state index in [2.05, 4.69) is 33.4 Å².